The Bertz CT molecular complexity index is 4090. The van der Waals surface area contributed by atoms with Crippen LogP contribution in [0.4, 0.5) is 5.82 Å². The first kappa shape index (κ1) is 52.1. The lowest BCUT2D eigenvalue weighted by Gasteiger charge is -2.16. The molecule has 3 aliphatic rings. The predicted octanol–water partition coefficient (Wildman–Crippen LogP) is 14.4. The van der Waals surface area contributed by atoms with Gasteiger partial charge in [0.1, 0.15) is 69.2 Å². The molecular weight excluding hydrogens is 1040 g/mol. The summed E-state index contributed by atoms with van der Waals surface area (Å²) >= 11 is 0. The number of furan rings is 3. The summed E-state index contributed by atoms with van der Waals surface area (Å²) in [5.74, 6) is 10.6. The van der Waals surface area contributed by atoms with E-state index in [1.165, 1.54) is 18.5 Å². The Morgan fingerprint density at radius 2 is 0.963 bits per heavy atom. The van der Waals surface area contributed by atoms with Gasteiger partial charge in [-0.1, -0.05) is 34.6 Å². The van der Waals surface area contributed by atoms with Gasteiger partial charge >= 0.3 is 0 Å². The van der Waals surface area contributed by atoms with Crippen molar-refractivity contribution < 1.29 is 31.8 Å². The Morgan fingerprint density at radius 1 is 0.500 bits per heavy atom. The quantitative estimate of drug-likeness (QED) is 0.106. The van der Waals surface area contributed by atoms with Crippen molar-refractivity contribution in [3.05, 3.63) is 160 Å². The molecule has 20 nitrogen and oxygen atoms in total. The van der Waals surface area contributed by atoms with Crippen LogP contribution < -0.4 is 14.8 Å². The fraction of sp³-hybridized carbons (Fsp3) is 0.339. The lowest BCUT2D eigenvalue weighted by Crippen LogP contribution is -2.09. The third-order valence-corrected chi connectivity index (χ3v) is 14.8. The highest BCUT2D eigenvalue weighted by molar-refractivity contribution is 5.86. The second-order valence-corrected chi connectivity index (χ2v) is 21.7. The number of hydrogen-bond donors (Lipinski definition) is 1. The van der Waals surface area contributed by atoms with E-state index in [1.807, 2.05) is 116 Å². The van der Waals surface area contributed by atoms with E-state index in [0.29, 0.717) is 75.9 Å². The fourth-order valence-corrected chi connectivity index (χ4v) is 9.91. The van der Waals surface area contributed by atoms with Gasteiger partial charge in [0.15, 0.2) is 11.6 Å². The molecule has 10 heterocycles. The van der Waals surface area contributed by atoms with Crippen LogP contribution in [0, 0.1) is 41.5 Å². The lowest BCUT2D eigenvalue weighted by atomic mass is 10.1. The first-order valence-corrected chi connectivity index (χ1v) is 27.9. The van der Waals surface area contributed by atoms with E-state index in [9.17, 15) is 0 Å². The van der Waals surface area contributed by atoms with Gasteiger partial charge in [-0.05, 0) is 172 Å². The molecular formula is C62H61N13O7. The fourth-order valence-electron chi connectivity index (χ4n) is 9.91. The maximum absolute atomic E-state index is 6.18. The van der Waals surface area contributed by atoms with Crippen LogP contribution in [0.25, 0.3) is 61.9 Å². The number of nitrogens with zero attached hydrogens (tertiary/aromatic N) is 12. The van der Waals surface area contributed by atoms with Crippen LogP contribution in [0.15, 0.2) is 114 Å². The van der Waals surface area contributed by atoms with Crippen molar-refractivity contribution in [2.24, 2.45) is 0 Å². The van der Waals surface area contributed by atoms with Gasteiger partial charge in [-0.2, -0.15) is 34.9 Å². The first-order chi connectivity index (χ1) is 39.7. The summed E-state index contributed by atoms with van der Waals surface area (Å²) in [6, 6.07) is 26.1. The van der Waals surface area contributed by atoms with Crippen molar-refractivity contribution in [3.8, 4) is 34.7 Å². The van der Waals surface area contributed by atoms with Crippen molar-refractivity contribution in [2.45, 2.75) is 137 Å². The molecule has 10 aromatic heterocycles. The second kappa shape index (κ2) is 21.3. The minimum absolute atomic E-state index is 0.0615. The standard InChI is InChI=1S/C21H21N5O2.C21H20N4O3.C20H20N4O2/c1-11-10-17-19(23-13(3)24-21(17)27-11)22-12(2)14-4-8-16(9-5-14)20-25-18(26-28-20)15-6-7-15;1-11-10-17-20(26-11)22-13(3)23-21(17)27-12(2)14-4-8-16(9-5-14)19-24-18(25-28-19)15-6-7-15;1-11-8-16-19(25-11)22-13(3)23-20(16)26-12(2)15-6-7-24-17(14-4-5-14)10-21-18(24)9-15/h4-5,8-10,12,15H,6-7H2,1-3H3,(H,22,23,24);4-5,8-10,12,15H,6-7H2,1-3H3;6-10,12,14H,4-5H2,1-3H3. The molecule has 0 bridgehead atoms. The predicted molar refractivity (Wildman–Crippen MR) is 305 cm³/mol. The van der Waals surface area contributed by atoms with Crippen molar-refractivity contribution in [1.82, 2.24) is 59.6 Å². The summed E-state index contributed by atoms with van der Waals surface area (Å²) in [5, 5.41) is 14.1. The van der Waals surface area contributed by atoms with Gasteiger partial charge in [-0.25, -0.2) is 9.97 Å². The summed E-state index contributed by atoms with van der Waals surface area (Å²) in [6.45, 7) is 17.3. The number of nitrogens with one attached hydrogen (secondary N) is 1. The Labute approximate surface area is 471 Å². The maximum atomic E-state index is 6.18. The van der Waals surface area contributed by atoms with Crippen LogP contribution in [0.5, 0.6) is 11.8 Å². The SMILES string of the molecule is Cc1nc(NC(C)c2ccc(-c3nc(C4CC4)no3)cc2)c2cc(C)oc2n1.Cc1nc(OC(C)c2ccc(-c3nc(C4CC4)no3)cc2)c2cc(C)oc2n1.Cc1nc(OC(C)c2ccn3c(C4CC4)cnc3c2)c2cc(C)oc2n1. The van der Waals surface area contributed by atoms with Crippen molar-refractivity contribution in [2.75, 3.05) is 5.32 Å². The average Bonchev–Trinajstić information content (AvgIpc) is 4.57. The van der Waals surface area contributed by atoms with E-state index in [4.69, 9.17) is 31.8 Å². The molecule has 3 unspecified atom stereocenters. The van der Waals surface area contributed by atoms with Crippen LogP contribution in [0.2, 0.25) is 0 Å². The molecule has 20 heteroatoms. The number of rotatable bonds is 14. The highest BCUT2D eigenvalue weighted by Crippen LogP contribution is 2.42. The van der Waals surface area contributed by atoms with E-state index in [-0.39, 0.29) is 18.2 Å². The molecule has 82 heavy (non-hydrogen) atoms. The number of imidazole rings is 1. The summed E-state index contributed by atoms with van der Waals surface area (Å²) < 4.78 is 42.2. The van der Waals surface area contributed by atoms with Crippen LogP contribution >= 0.6 is 0 Å². The van der Waals surface area contributed by atoms with Gasteiger partial charge in [0.25, 0.3) is 11.8 Å². The van der Waals surface area contributed by atoms with E-state index < -0.39 is 0 Å². The van der Waals surface area contributed by atoms with Gasteiger partial charge in [0.05, 0.1) is 5.39 Å². The van der Waals surface area contributed by atoms with Crippen LogP contribution in [-0.2, 0) is 0 Å². The number of pyridine rings is 1. The normalized spacial score (nSPS) is 15.3. The smallest absolute Gasteiger partial charge is 0.257 e. The largest absolute Gasteiger partial charge is 0.469 e. The molecule has 416 valence electrons. The van der Waals surface area contributed by atoms with Crippen molar-refractivity contribution in [1.29, 1.82) is 0 Å². The van der Waals surface area contributed by atoms with E-state index in [1.54, 1.807) is 0 Å². The van der Waals surface area contributed by atoms with Gasteiger partial charge < -0.3 is 41.5 Å². The Balaban J connectivity index is 0.000000116. The van der Waals surface area contributed by atoms with Crippen LogP contribution in [-0.4, -0.2) is 59.6 Å². The maximum Gasteiger partial charge on any atom is 0.257 e. The van der Waals surface area contributed by atoms with Crippen LogP contribution in [0.1, 0.15) is 164 Å². The number of aryl methyl sites for hydroxylation is 6. The summed E-state index contributed by atoms with van der Waals surface area (Å²) in [4.78, 5) is 40.0. The van der Waals surface area contributed by atoms with Crippen molar-refractivity contribution in [3.63, 3.8) is 0 Å². The molecule has 0 amide bonds. The Kier molecular flexibility index (Phi) is 13.5. The number of ether oxygens (including phenoxy) is 2. The third kappa shape index (κ3) is 11.1. The van der Waals surface area contributed by atoms with Crippen LogP contribution in [0.3, 0.4) is 0 Å². The number of hydrogen-bond acceptors (Lipinski definition) is 19. The highest BCUT2D eigenvalue weighted by Gasteiger charge is 2.31. The minimum Gasteiger partial charge on any atom is -0.469 e. The summed E-state index contributed by atoms with van der Waals surface area (Å²) in [5.41, 5.74) is 9.05. The summed E-state index contributed by atoms with van der Waals surface area (Å²) in [7, 11) is 0. The number of benzene rings is 2. The highest BCUT2D eigenvalue weighted by atomic mass is 16.5. The zero-order chi connectivity index (χ0) is 56.3. The molecule has 3 fully saturated rings. The van der Waals surface area contributed by atoms with E-state index >= 15 is 0 Å². The molecule has 3 saturated carbocycles. The average molecular weight is 1100 g/mol. The minimum atomic E-state index is -0.188. The number of aromatic nitrogens is 12. The number of fused-ring (bicyclic) bond motifs is 4. The zero-order valence-electron chi connectivity index (χ0n) is 47.1. The molecule has 3 atom stereocenters. The molecule has 0 spiro atoms. The lowest BCUT2D eigenvalue weighted by molar-refractivity contribution is 0.219. The molecule has 3 aliphatic carbocycles. The van der Waals surface area contributed by atoms with E-state index in [2.05, 4.69) is 102 Å². The molecule has 2 aromatic carbocycles. The zero-order valence-corrected chi connectivity index (χ0v) is 47.1. The Morgan fingerprint density at radius 3 is 1.48 bits per heavy atom. The topological polar surface area (TPSA) is 242 Å². The molecule has 0 aliphatic heterocycles. The van der Waals surface area contributed by atoms with Gasteiger partial charge in [-0.3, -0.25) is 0 Å². The van der Waals surface area contributed by atoms with Gasteiger partial charge in [0.2, 0.25) is 28.9 Å². The van der Waals surface area contributed by atoms with Gasteiger partial charge in [-0.15, -0.1) is 0 Å². The molecule has 0 radical (unpaired) electrons. The Hall–Kier alpha value is -9.33. The first-order valence-electron chi connectivity index (χ1n) is 27.9. The molecule has 15 rings (SSSR count). The molecule has 12 aromatic rings. The molecule has 1 N–H and O–H groups in total. The molecule has 0 saturated heterocycles. The monoisotopic (exact) mass is 1100 g/mol. The van der Waals surface area contributed by atoms with Crippen molar-refractivity contribution >= 4 is 44.8 Å². The summed E-state index contributed by atoms with van der Waals surface area (Å²) in [6.07, 6.45) is 10.9. The second-order valence-electron chi connectivity index (χ2n) is 21.7. The third-order valence-electron chi connectivity index (χ3n) is 14.8. The van der Waals surface area contributed by atoms with E-state index in [0.717, 1.165) is 110 Å². The van der Waals surface area contributed by atoms with Gasteiger partial charge in [0, 0.05) is 53.0 Å². The number of anilines is 1.